The highest BCUT2D eigenvalue weighted by molar-refractivity contribution is 7.10. The first-order valence-corrected chi connectivity index (χ1v) is 7.96. The highest BCUT2D eigenvalue weighted by atomic mass is 32.1. The van der Waals surface area contributed by atoms with Gasteiger partial charge in [0.1, 0.15) is 0 Å². The van der Waals surface area contributed by atoms with Crippen LogP contribution in [0, 0.1) is 5.92 Å². The smallest absolute Gasteiger partial charge is 0.0533 e. The zero-order chi connectivity index (χ0) is 11.9. The topological polar surface area (TPSA) is 12.0 Å². The molecule has 0 radical (unpaired) electrons. The van der Waals surface area contributed by atoms with Crippen molar-refractivity contribution in [3.8, 4) is 0 Å². The number of thiophene rings is 1. The maximum Gasteiger partial charge on any atom is 0.0533 e. The van der Waals surface area contributed by atoms with Gasteiger partial charge in [0, 0.05) is 10.9 Å². The molecule has 1 aliphatic carbocycles. The van der Waals surface area contributed by atoms with Crippen LogP contribution < -0.4 is 5.32 Å². The van der Waals surface area contributed by atoms with E-state index >= 15 is 0 Å². The minimum atomic E-state index is 0.340. The number of rotatable bonds is 1. The molecule has 2 heteroatoms. The molecular formula is C15H23NS. The van der Waals surface area contributed by atoms with Gasteiger partial charge < -0.3 is 5.32 Å². The summed E-state index contributed by atoms with van der Waals surface area (Å²) < 4.78 is 0. The molecule has 2 aliphatic rings. The Hall–Kier alpha value is -0.340. The summed E-state index contributed by atoms with van der Waals surface area (Å²) in [6.07, 6.45) is 8.11. The average Bonchev–Trinajstić information content (AvgIpc) is 2.79. The predicted octanol–water partition coefficient (Wildman–Crippen LogP) is 4.08. The van der Waals surface area contributed by atoms with Gasteiger partial charge in [0.05, 0.1) is 5.54 Å². The van der Waals surface area contributed by atoms with Crippen molar-refractivity contribution in [3.63, 3.8) is 0 Å². The van der Waals surface area contributed by atoms with E-state index in [2.05, 4.69) is 30.6 Å². The largest absolute Gasteiger partial charge is 0.304 e. The van der Waals surface area contributed by atoms with E-state index in [1.54, 1.807) is 10.4 Å². The molecule has 1 atom stereocenters. The third-order valence-electron chi connectivity index (χ3n) is 4.77. The lowest BCUT2D eigenvalue weighted by molar-refractivity contribution is 0.163. The molecule has 3 rings (SSSR count). The summed E-state index contributed by atoms with van der Waals surface area (Å²) in [5.74, 6) is 0.975. The fraction of sp³-hybridized carbons (Fsp3) is 0.733. The minimum Gasteiger partial charge on any atom is -0.304 e. The zero-order valence-corrected chi connectivity index (χ0v) is 11.8. The Morgan fingerprint density at radius 1 is 1.41 bits per heavy atom. The van der Waals surface area contributed by atoms with Crippen molar-refractivity contribution < 1.29 is 0 Å². The number of hydrogen-bond acceptors (Lipinski definition) is 2. The molecule has 0 bridgehead atoms. The molecule has 17 heavy (non-hydrogen) atoms. The second kappa shape index (κ2) is 4.40. The van der Waals surface area contributed by atoms with E-state index in [1.165, 1.54) is 38.5 Å². The molecule has 0 aromatic carbocycles. The molecule has 0 amide bonds. The third kappa shape index (κ3) is 1.96. The van der Waals surface area contributed by atoms with E-state index in [-0.39, 0.29) is 0 Å². The van der Waals surface area contributed by atoms with Crippen LogP contribution in [0.3, 0.4) is 0 Å². The van der Waals surface area contributed by atoms with Gasteiger partial charge in [-0.15, -0.1) is 11.3 Å². The Morgan fingerprint density at radius 3 is 2.88 bits per heavy atom. The highest BCUT2D eigenvalue weighted by Gasteiger charge is 2.41. The van der Waals surface area contributed by atoms with Crippen molar-refractivity contribution in [1.29, 1.82) is 0 Å². The standard InChI is InChI=1S/C15H23NS/c1-3-12-4-7-15(8-5-12)14-13(6-9-17-14)10-11(2)16-15/h6,9,11-12,16H,3-5,7-8,10H2,1-2H3/t11-,12?,15?/m1/s1. The molecule has 1 spiro atoms. The third-order valence-corrected chi connectivity index (χ3v) is 5.93. The van der Waals surface area contributed by atoms with Crippen molar-refractivity contribution >= 4 is 11.3 Å². The van der Waals surface area contributed by atoms with Crippen LogP contribution >= 0.6 is 11.3 Å². The molecule has 1 N–H and O–H groups in total. The fourth-order valence-corrected chi connectivity index (χ4v) is 4.94. The van der Waals surface area contributed by atoms with Crippen LogP contribution in [0.5, 0.6) is 0 Å². The van der Waals surface area contributed by atoms with Gasteiger partial charge in [-0.3, -0.25) is 0 Å². The summed E-state index contributed by atoms with van der Waals surface area (Å²) in [5.41, 5.74) is 1.96. The maximum atomic E-state index is 3.93. The van der Waals surface area contributed by atoms with Crippen molar-refractivity contribution in [2.45, 2.75) is 64.0 Å². The molecule has 1 saturated carbocycles. The number of hydrogen-bond donors (Lipinski definition) is 1. The summed E-state index contributed by atoms with van der Waals surface area (Å²) in [6.45, 7) is 4.68. The average molecular weight is 249 g/mol. The highest BCUT2D eigenvalue weighted by Crippen LogP contribution is 2.46. The van der Waals surface area contributed by atoms with Crippen LogP contribution in [-0.2, 0) is 12.0 Å². The molecule has 0 saturated heterocycles. The molecule has 1 nitrogen and oxygen atoms in total. The van der Waals surface area contributed by atoms with E-state index in [9.17, 15) is 0 Å². The fourth-order valence-electron chi connectivity index (χ4n) is 3.78. The number of nitrogens with one attached hydrogen (secondary N) is 1. The van der Waals surface area contributed by atoms with Gasteiger partial charge in [0.25, 0.3) is 0 Å². The summed E-state index contributed by atoms with van der Waals surface area (Å²) in [5, 5.41) is 6.22. The Labute approximate surface area is 109 Å². The van der Waals surface area contributed by atoms with Gasteiger partial charge in [-0.25, -0.2) is 0 Å². The van der Waals surface area contributed by atoms with Crippen LogP contribution in [0.2, 0.25) is 0 Å². The lowest BCUT2D eigenvalue weighted by Gasteiger charge is -2.45. The van der Waals surface area contributed by atoms with Gasteiger partial charge in [0.2, 0.25) is 0 Å². The van der Waals surface area contributed by atoms with Crippen molar-refractivity contribution in [3.05, 3.63) is 21.9 Å². The Balaban J connectivity index is 1.88. The quantitative estimate of drug-likeness (QED) is 0.791. The van der Waals surface area contributed by atoms with Gasteiger partial charge in [-0.2, -0.15) is 0 Å². The van der Waals surface area contributed by atoms with Crippen LogP contribution in [0.4, 0.5) is 0 Å². The Bertz CT molecular complexity index is 387. The summed E-state index contributed by atoms with van der Waals surface area (Å²) in [4.78, 5) is 1.66. The lowest BCUT2D eigenvalue weighted by Crippen LogP contribution is -2.52. The van der Waals surface area contributed by atoms with Crippen LogP contribution in [0.25, 0.3) is 0 Å². The van der Waals surface area contributed by atoms with Crippen LogP contribution in [0.15, 0.2) is 11.4 Å². The molecular weight excluding hydrogens is 226 g/mol. The maximum absolute atomic E-state index is 3.93. The van der Waals surface area contributed by atoms with Crippen molar-refractivity contribution in [2.75, 3.05) is 0 Å². The van der Waals surface area contributed by atoms with Crippen molar-refractivity contribution in [2.24, 2.45) is 5.92 Å². The van der Waals surface area contributed by atoms with Crippen molar-refractivity contribution in [1.82, 2.24) is 5.32 Å². The lowest BCUT2D eigenvalue weighted by atomic mass is 9.72. The van der Waals surface area contributed by atoms with Crippen LogP contribution in [0.1, 0.15) is 56.4 Å². The normalized spacial score (nSPS) is 37.1. The van der Waals surface area contributed by atoms with Gasteiger partial charge >= 0.3 is 0 Å². The first-order valence-electron chi connectivity index (χ1n) is 7.08. The summed E-state index contributed by atoms with van der Waals surface area (Å²) >= 11 is 1.98. The molecule has 1 aliphatic heterocycles. The molecule has 94 valence electrons. The SMILES string of the molecule is CCC1CCC2(CC1)N[C@H](C)Cc1ccsc12. The van der Waals surface area contributed by atoms with E-state index in [4.69, 9.17) is 0 Å². The van der Waals surface area contributed by atoms with E-state index in [0.717, 1.165) is 5.92 Å². The molecule has 0 unspecified atom stereocenters. The molecule has 1 aromatic rings. The van der Waals surface area contributed by atoms with E-state index in [1.807, 2.05) is 11.3 Å². The predicted molar refractivity (Wildman–Crippen MR) is 74.5 cm³/mol. The first kappa shape index (κ1) is 11.7. The second-order valence-electron chi connectivity index (χ2n) is 5.96. The van der Waals surface area contributed by atoms with Gasteiger partial charge in [-0.1, -0.05) is 13.3 Å². The molecule has 1 aromatic heterocycles. The zero-order valence-electron chi connectivity index (χ0n) is 11.0. The Morgan fingerprint density at radius 2 is 2.18 bits per heavy atom. The monoisotopic (exact) mass is 249 g/mol. The van der Waals surface area contributed by atoms with Gasteiger partial charge in [-0.05, 0) is 62.0 Å². The second-order valence-corrected chi connectivity index (χ2v) is 6.87. The molecule has 1 fully saturated rings. The number of fused-ring (bicyclic) bond motifs is 2. The Kier molecular flexibility index (Phi) is 3.04. The minimum absolute atomic E-state index is 0.340. The summed E-state index contributed by atoms with van der Waals surface area (Å²) in [7, 11) is 0. The first-order chi connectivity index (χ1) is 8.23. The molecule has 2 heterocycles. The van der Waals surface area contributed by atoms with E-state index < -0.39 is 0 Å². The summed E-state index contributed by atoms with van der Waals surface area (Å²) in [6, 6.07) is 3.00. The van der Waals surface area contributed by atoms with E-state index in [0.29, 0.717) is 11.6 Å². The van der Waals surface area contributed by atoms with Gasteiger partial charge in [0.15, 0.2) is 0 Å². The van der Waals surface area contributed by atoms with Crippen LogP contribution in [-0.4, -0.2) is 6.04 Å².